The van der Waals surface area contributed by atoms with Crippen LogP contribution in [0.3, 0.4) is 0 Å². The lowest BCUT2D eigenvalue weighted by Crippen LogP contribution is -2.44. The molecule has 6 nitrogen and oxygen atoms in total. The number of nitriles is 1. The van der Waals surface area contributed by atoms with Crippen molar-refractivity contribution in [2.24, 2.45) is 5.92 Å². The van der Waals surface area contributed by atoms with E-state index < -0.39 is 0 Å². The van der Waals surface area contributed by atoms with Gasteiger partial charge in [0.1, 0.15) is 23.3 Å². The molecule has 0 radical (unpaired) electrons. The van der Waals surface area contributed by atoms with Crippen molar-refractivity contribution in [3.05, 3.63) is 53.7 Å². The predicted molar refractivity (Wildman–Crippen MR) is 105 cm³/mol. The summed E-state index contributed by atoms with van der Waals surface area (Å²) in [5.41, 5.74) is 8.68. The van der Waals surface area contributed by atoms with Crippen LogP contribution >= 0.6 is 0 Å². The third kappa shape index (κ3) is 3.75. The van der Waals surface area contributed by atoms with Gasteiger partial charge < -0.3 is 9.64 Å². The lowest BCUT2D eigenvalue weighted by Gasteiger charge is -2.37. The first kappa shape index (κ1) is 17.8. The summed E-state index contributed by atoms with van der Waals surface area (Å²) in [6.45, 7) is 2.87. The average molecular weight is 363 g/mol. The van der Waals surface area contributed by atoms with E-state index in [0.717, 1.165) is 44.0 Å². The molecule has 2 aliphatic rings. The van der Waals surface area contributed by atoms with Gasteiger partial charge in [0, 0.05) is 31.6 Å². The normalized spacial score (nSPS) is 23.2. The van der Waals surface area contributed by atoms with Crippen LogP contribution in [-0.2, 0) is 0 Å². The van der Waals surface area contributed by atoms with Gasteiger partial charge in [-0.3, -0.25) is 10.9 Å². The molecule has 6 heteroatoms. The first-order chi connectivity index (χ1) is 13.3. The molecular weight excluding hydrogens is 338 g/mol. The minimum absolute atomic E-state index is 0.414. The molecule has 27 heavy (non-hydrogen) atoms. The number of nitrogens with zero attached hydrogens (tertiary/aromatic N) is 3. The van der Waals surface area contributed by atoms with Crippen molar-refractivity contribution in [2.75, 3.05) is 31.6 Å². The zero-order valence-corrected chi connectivity index (χ0v) is 15.6. The summed E-state index contributed by atoms with van der Waals surface area (Å²) in [5.74, 6) is 2.87. The Morgan fingerprint density at radius 3 is 2.78 bits per heavy atom. The van der Waals surface area contributed by atoms with E-state index in [9.17, 15) is 0 Å². The van der Waals surface area contributed by atoms with Crippen LogP contribution in [0.1, 0.15) is 30.0 Å². The topological polar surface area (TPSA) is 73.2 Å². The van der Waals surface area contributed by atoms with E-state index >= 15 is 0 Å². The van der Waals surface area contributed by atoms with Crippen LogP contribution < -0.4 is 20.5 Å². The molecule has 1 aromatic carbocycles. The molecule has 2 fully saturated rings. The van der Waals surface area contributed by atoms with Gasteiger partial charge in [-0.1, -0.05) is 18.2 Å². The summed E-state index contributed by atoms with van der Waals surface area (Å²) >= 11 is 0. The fourth-order valence-corrected chi connectivity index (χ4v) is 4.31. The highest BCUT2D eigenvalue weighted by atomic mass is 16.5. The van der Waals surface area contributed by atoms with Crippen molar-refractivity contribution in [3.8, 4) is 11.8 Å². The molecule has 3 heterocycles. The Balaban J connectivity index is 1.43. The van der Waals surface area contributed by atoms with E-state index in [4.69, 9.17) is 10.00 Å². The highest BCUT2D eigenvalue weighted by molar-refractivity contribution is 5.42. The number of hydrogen-bond acceptors (Lipinski definition) is 6. The average Bonchev–Trinajstić information content (AvgIpc) is 3.24. The molecule has 2 unspecified atom stereocenters. The van der Waals surface area contributed by atoms with Gasteiger partial charge in [0.15, 0.2) is 0 Å². The van der Waals surface area contributed by atoms with Crippen LogP contribution in [0, 0.1) is 17.2 Å². The number of nitrogens with one attached hydrogen (secondary N) is 2. The number of benzene rings is 1. The maximum absolute atomic E-state index is 9.07. The zero-order chi connectivity index (χ0) is 18.6. The Kier molecular flexibility index (Phi) is 5.23. The third-order valence-corrected chi connectivity index (χ3v) is 5.77. The molecule has 0 aliphatic carbocycles. The van der Waals surface area contributed by atoms with E-state index in [2.05, 4.69) is 45.0 Å². The summed E-state index contributed by atoms with van der Waals surface area (Å²) in [4.78, 5) is 6.73. The van der Waals surface area contributed by atoms with Crippen molar-refractivity contribution in [1.29, 1.82) is 5.26 Å². The fourth-order valence-electron chi connectivity index (χ4n) is 4.31. The van der Waals surface area contributed by atoms with Gasteiger partial charge in [-0.2, -0.15) is 5.26 Å². The van der Waals surface area contributed by atoms with Crippen molar-refractivity contribution in [3.63, 3.8) is 0 Å². The number of rotatable bonds is 4. The van der Waals surface area contributed by atoms with Gasteiger partial charge >= 0.3 is 0 Å². The van der Waals surface area contributed by atoms with Crippen LogP contribution in [0.2, 0.25) is 0 Å². The molecule has 4 rings (SSSR count). The Bertz CT molecular complexity index is 825. The Labute approximate surface area is 160 Å². The van der Waals surface area contributed by atoms with Crippen molar-refractivity contribution in [2.45, 2.75) is 24.8 Å². The highest BCUT2D eigenvalue weighted by Gasteiger charge is 2.36. The van der Waals surface area contributed by atoms with E-state index in [1.807, 2.05) is 18.2 Å². The van der Waals surface area contributed by atoms with Crippen molar-refractivity contribution >= 4 is 5.82 Å². The summed E-state index contributed by atoms with van der Waals surface area (Å²) in [6, 6.07) is 16.6. The zero-order valence-electron chi connectivity index (χ0n) is 15.6. The van der Waals surface area contributed by atoms with E-state index in [-0.39, 0.29) is 0 Å². The van der Waals surface area contributed by atoms with Gasteiger partial charge in [0.05, 0.1) is 7.11 Å². The summed E-state index contributed by atoms with van der Waals surface area (Å²) in [5, 5.41) is 9.07. The number of anilines is 1. The molecule has 0 bridgehead atoms. The van der Waals surface area contributed by atoms with Crippen LogP contribution in [0.5, 0.6) is 5.75 Å². The Hall–Kier alpha value is -2.62. The minimum atomic E-state index is 0.414. The molecule has 1 aromatic heterocycles. The van der Waals surface area contributed by atoms with E-state index in [1.54, 1.807) is 13.2 Å². The summed E-state index contributed by atoms with van der Waals surface area (Å²) in [6.07, 6.45) is 2.22. The quantitative estimate of drug-likeness (QED) is 0.869. The maximum atomic E-state index is 9.07. The number of aromatic nitrogens is 1. The lowest BCUT2D eigenvalue weighted by atomic mass is 9.80. The number of pyridine rings is 1. The second-order valence-corrected chi connectivity index (χ2v) is 7.25. The molecule has 140 valence electrons. The largest absolute Gasteiger partial charge is 0.497 e. The predicted octanol–water partition coefficient (Wildman–Crippen LogP) is 2.44. The van der Waals surface area contributed by atoms with Crippen LogP contribution in [-0.4, -0.2) is 37.8 Å². The van der Waals surface area contributed by atoms with Crippen LogP contribution in [0.15, 0.2) is 42.5 Å². The smallest absolute Gasteiger partial charge is 0.142 e. The second kappa shape index (κ2) is 7.95. The Morgan fingerprint density at radius 1 is 1.19 bits per heavy atom. The van der Waals surface area contributed by atoms with Gasteiger partial charge in [0.2, 0.25) is 0 Å². The van der Waals surface area contributed by atoms with Crippen LogP contribution in [0.4, 0.5) is 5.82 Å². The van der Waals surface area contributed by atoms with Gasteiger partial charge in [0.25, 0.3) is 0 Å². The maximum Gasteiger partial charge on any atom is 0.142 e. The number of methoxy groups -OCH3 is 1. The molecule has 2 aliphatic heterocycles. The van der Waals surface area contributed by atoms with Gasteiger partial charge in [-0.25, -0.2) is 4.98 Å². The molecular formula is C21H25N5O. The van der Waals surface area contributed by atoms with Crippen molar-refractivity contribution in [1.82, 2.24) is 15.8 Å². The van der Waals surface area contributed by atoms with Crippen molar-refractivity contribution < 1.29 is 4.74 Å². The first-order valence-corrected chi connectivity index (χ1v) is 9.53. The third-order valence-electron chi connectivity index (χ3n) is 5.77. The highest BCUT2D eigenvalue weighted by Crippen LogP contribution is 2.34. The standard InChI is InChI=1S/C21H25N5O/c1-27-18-6-2-4-16(12-18)19-14-23-25-21(19)15-8-10-26(11-9-15)20-7-3-5-17(13-22)24-20/h2-7,12,15,19,21,23,25H,8-11,14H2,1H3. The number of ether oxygens (including phenoxy) is 1. The molecule has 0 amide bonds. The molecule has 2 aromatic rings. The van der Waals surface area contributed by atoms with Crippen LogP contribution in [0.25, 0.3) is 0 Å². The number of hydrazine groups is 1. The summed E-state index contributed by atoms with van der Waals surface area (Å²) in [7, 11) is 1.72. The summed E-state index contributed by atoms with van der Waals surface area (Å²) < 4.78 is 5.40. The lowest BCUT2D eigenvalue weighted by molar-refractivity contribution is 0.295. The second-order valence-electron chi connectivity index (χ2n) is 7.25. The first-order valence-electron chi connectivity index (χ1n) is 9.53. The Morgan fingerprint density at radius 2 is 2.00 bits per heavy atom. The monoisotopic (exact) mass is 363 g/mol. The molecule has 2 saturated heterocycles. The van der Waals surface area contributed by atoms with E-state index in [1.165, 1.54) is 5.56 Å². The number of hydrogen-bond donors (Lipinski definition) is 2. The minimum Gasteiger partial charge on any atom is -0.497 e. The van der Waals surface area contributed by atoms with Gasteiger partial charge in [-0.05, 0) is 48.6 Å². The van der Waals surface area contributed by atoms with Gasteiger partial charge in [-0.15, -0.1) is 0 Å². The molecule has 0 saturated carbocycles. The van der Waals surface area contributed by atoms with E-state index in [0.29, 0.717) is 23.6 Å². The molecule has 2 atom stereocenters. The molecule has 0 spiro atoms. The SMILES string of the molecule is COc1cccc(C2CNNC2C2CCN(c3cccc(C#N)n3)CC2)c1. The fraction of sp³-hybridized carbons (Fsp3) is 0.429. The molecule has 2 N–H and O–H groups in total. The number of piperidine rings is 1.